The summed E-state index contributed by atoms with van der Waals surface area (Å²) >= 11 is 0. The van der Waals surface area contributed by atoms with Crippen LogP contribution in [0.25, 0.3) is 10.9 Å². The Morgan fingerprint density at radius 3 is 2.66 bits per heavy atom. The highest BCUT2D eigenvalue weighted by atomic mass is 16.2. The van der Waals surface area contributed by atoms with Crippen molar-refractivity contribution in [3.05, 3.63) is 77.9 Å². The summed E-state index contributed by atoms with van der Waals surface area (Å²) in [6.07, 6.45) is 5.48. The fourth-order valence-corrected chi connectivity index (χ4v) is 5.97. The number of amides is 4. The lowest BCUT2D eigenvalue weighted by molar-refractivity contribution is -0.141. The van der Waals surface area contributed by atoms with Crippen molar-refractivity contribution in [1.82, 2.24) is 24.6 Å². The Morgan fingerprint density at radius 1 is 1.05 bits per heavy atom. The molecule has 4 amide bonds. The molecule has 4 heterocycles. The number of primary amides is 1. The number of carbonyl (C=O) groups excluding carboxylic acids is 4. The molecule has 1 saturated carbocycles. The number of nitrogens with zero attached hydrogens (tertiary/aromatic N) is 5. The molecule has 1 aromatic carbocycles. The zero-order valence-corrected chi connectivity index (χ0v) is 22.3. The van der Waals surface area contributed by atoms with Crippen LogP contribution in [0.2, 0.25) is 0 Å². The van der Waals surface area contributed by atoms with E-state index >= 15 is 0 Å². The summed E-state index contributed by atoms with van der Waals surface area (Å²) in [5, 5.41) is 10.4. The Morgan fingerprint density at radius 2 is 1.90 bits per heavy atom. The van der Waals surface area contributed by atoms with E-state index < -0.39 is 11.9 Å². The van der Waals surface area contributed by atoms with Gasteiger partial charge in [0.15, 0.2) is 5.69 Å². The van der Waals surface area contributed by atoms with Crippen LogP contribution in [0, 0.1) is 12.8 Å². The number of pyridine rings is 2. The average molecular weight is 553 g/mol. The number of rotatable bonds is 7. The van der Waals surface area contributed by atoms with Crippen LogP contribution >= 0.6 is 0 Å². The Hall–Kier alpha value is -5.13. The molecule has 4 N–H and O–H groups in total. The van der Waals surface area contributed by atoms with Crippen LogP contribution in [0.1, 0.15) is 45.8 Å². The molecule has 12 heteroatoms. The molecule has 1 aliphatic heterocycles. The number of benzene rings is 1. The highest BCUT2D eigenvalue weighted by molar-refractivity contribution is 6.08. The second kappa shape index (κ2) is 10.5. The highest BCUT2D eigenvalue weighted by Crippen LogP contribution is 2.43. The van der Waals surface area contributed by atoms with Crippen LogP contribution in [0.15, 0.2) is 60.9 Å². The molecular formula is C29H28N8O4. The lowest BCUT2D eigenvalue weighted by Crippen LogP contribution is -2.52. The van der Waals surface area contributed by atoms with Gasteiger partial charge in [0.05, 0.1) is 11.1 Å². The van der Waals surface area contributed by atoms with Crippen molar-refractivity contribution in [2.75, 3.05) is 10.6 Å². The van der Waals surface area contributed by atoms with E-state index in [0.717, 1.165) is 25.0 Å². The molecule has 6 rings (SSSR count). The van der Waals surface area contributed by atoms with Gasteiger partial charge in [-0.3, -0.25) is 28.8 Å². The van der Waals surface area contributed by atoms with E-state index in [1.165, 1.54) is 10.9 Å². The van der Waals surface area contributed by atoms with Gasteiger partial charge < -0.3 is 21.3 Å². The van der Waals surface area contributed by atoms with Gasteiger partial charge in [0, 0.05) is 35.2 Å². The van der Waals surface area contributed by atoms with Gasteiger partial charge in [0.1, 0.15) is 18.4 Å². The predicted molar refractivity (Wildman–Crippen MR) is 150 cm³/mol. The monoisotopic (exact) mass is 552 g/mol. The quantitative estimate of drug-likeness (QED) is 0.317. The van der Waals surface area contributed by atoms with E-state index in [4.69, 9.17) is 5.73 Å². The number of piperidine rings is 1. The van der Waals surface area contributed by atoms with Crippen molar-refractivity contribution in [2.45, 2.75) is 44.8 Å². The standard InChI is InChI=1S/C29H28N8O4/c1-16-4-2-6-23(32-16)34-29(41)26-17-7-9-20(12-17)37(26)24(38)15-36-22-10-8-19(13-21(22)25(35-36)27(30)39)33-28(40)18-5-3-11-31-14-18/h2-6,8,10-11,13-14,17,20,26H,7,9,12,15H2,1H3,(H2,30,39)(H,33,40)(H,32,34,41)/t17-,20+,26-/m0/s1. The lowest BCUT2D eigenvalue weighted by Gasteiger charge is -2.34. The molecule has 41 heavy (non-hydrogen) atoms. The number of likely N-dealkylation sites (tertiary alicyclic amines) is 1. The minimum Gasteiger partial charge on any atom is -0.364 e. The second-order valence-corrected chi connectivity index (χ2v) is 10.4. The first kappa shape index (κ1) is 26.1. The van der Waals surface area contributed by atoms with Gasteiger partial charge in [-0.25, -0.2) is 4.98 Å². The molecule has 3 aromatic heterocycles. The van der Waals surface area contributed by atoms with Crippen molar-refractivity contribution >= 4 is 46.0 Å². The van der Waals surface area contributed by atoms with E-state index in [9.17, 15) is 19.2 Å². The zero-order valence-electron chi connectivity index (χ0n) is 22.3. The molecule has 2 fully saturated rings. The van der Waals surface area contributed by atoms with Crippen LogP contribution in [0.4, 0.5) is 11.5 Å². The highest BCUT2D eigenvalue weighted by Gasteiger charge is 2.51. The minimum atomic E-state index is -0.764. The molecule has 208 valence electrons. The topological polar surface area (TPSA) is 165 Å². The van der Waals surface area contributed by atoms with E-state index in [1.54, 1.807) is 47.5 Å². The second-order valence-electron chi connectivity index (χ2n) is 10.4. The van der Waals surface area contributed by atoms with Crippen LogP contribution in [0.5, 0.6) is 0 Å². The number of hydrogen-bond donors (Lipinski definition) is 3. The van der Waals surface area contributed by atoms with Crippen LogP contribution in [-0.2, 0) is 16.1 Å². The summed E-state index contributed by atoms with van der Waals surface area (Å²) in [7, 11) is 0. The molecular weight excluding hydrogens is 524 g/mol. The Kier molecular flexibility index (Phi) is 6.66. The minimum absolute atomic E-state index is 0.0203. The lowest BCUT2D eigenvalue weighted by atomic mass is 9.97. The number of hydrogen-bond acceptors (Lipinski definition) is 7. The van der Waals surface area contributed by atoms with Gasteiger partial charge in [0.25, 0.3) is 11.8 Å². The van der Waals surface area contributed by atoms with Crippen molar-refractivity contribution in [2.24, 2.45) is 11.7 Å². The van der Waals surface area contributed by atoms with E-state index in [0.29, 0.717) is 28.0 Å². The molecule has 0 unspecified atom stereocenters. The maximum Gasteiger partial charge on any atom is 0.269 e. The van der Waals surface area contributed by atoms with Crippen LogP contribution in [-0.4, -0.2) is 60.4 Å². The summed E-state index contributed by atoms with van der Waals surface area (Å²) in [6, 6.07) is 12.9. The summed E-state index contributed by atoms with van der Waals surface area (Å²) in [6.45, 7) is 1.66. The van der Waals surface area contributed by atoms with Crippen LogP contribution in [0.3, 0.4) is 0 Å². The Labute approximate surface area is 234 Å². The molecule has 3 atom stereocenters. The van der Waals surface area contributed by atoms with Gasteiger partial charge in [-0.2, -0.15) is 5.10 Å². The molecule has 0 radical (unpaired) electrons. The van der Waals surface area contributed by atoms with Gasteiger partial charge in [0.2, 0.25) is 11.8 Å². The van der Waals surface area contributed by atoms with Crippen LogP contribution < -0.4 is 16.4 Å². The molecule has 2 bridgehead atoms. The summed E-state index contributed by atoms with van der Waals surface area (Å²) < 4.78 is 1.42. The van der Waals surface area contributed by atoms with Gasteiger partial charge >= 0.3 is 0 Å². The number of fused-ring (bicyclic) bond motifs is 3. The number of carbonyl (C=O) groups is 4. The van der Waals surface area contributed by atoms with Gasteiger partial charge in [-0.05, 0) is 74.6 Å². The first-order chi connectivity index (χ1) is 19.8. The fraction of sp³-hybridized carbons (Fsp3) is 0.276. The van der Waals surface area contributed by atoms with E-state index in [-0.39, 0.29) is 41.9 Å². The average Bonchev–Trinajstić information content (AvgIpc) is 3.67. The summed E-state index contributed by atoms with van der Waals surface area (Å²) in [4.78, 5) is 61.9. The smallest absolute Gasteiger partial charge is 0.269 e. The number of nitrogens with one attached hydrogen (secondary N) is 2. The zero-order chi connectivity index (χ0) is 28.7. The number of aryl methyl sites for hydroxylation is 1. The Balaban J connectivity index is 1.25. The SMILES string of the molecule is Cc1cccc(NC(=O)[C@@H]2[C@H]3CC[C@H](C3)N2C(=O)Cn2nc(C(N)=O)c3cc(NC(=O)c4cccnc4)ccc32)n1. The van der Waals surface area contributed by atoms with Crippen molar-refractivity contribution in [1.29, 1.82) is 0 Å². The molecule has 2 aliphatic rings. The van der Waals surface area contributed by atoms with Crippen molar-refractivity contribution in [3.8, 4) is 0 Å². The number of nitrogens with two attached hydrogens (primary N) is 1. The normalized spacial score (nSPS) is 19.3. The van der Waals surface area contributed by atoms with Crippen molar-refractivity contribution in [3.63, 3.8) is 0 Å². The third-order valence-electron chi connectivity index (χ3n) is 7.73. The molecule has 4 aromatic rings. The Bertz CT molecular complexity index is 1680. The van der Waals surface area contributed by atoms with E-state index in [2.05, 4.69) is 25.7 Å². The molecule has 12 nitrogen and oxygen atoms in total. The van der Waals surface area contributed by atoms with Gasteiger partial charge in [-0.1, -0.05) is 6.07 Å². The third-order valence-corrected chi connectivity index (χ3v) is 7.73. The predicted octanol–water partition coefficient (Wildman–Crippen LogP) is 2.50. The largest absolute Gasteiger partial charge is 0.364 e. The number of anilines is 2. The van der Waals surface area contributed by atoms with E-state index in [1.807, 2.05) is 19.1 Å². The first-order valence-corrected chi connectivity index (χ1v) is 13.4. The maximum atomic E-state index is 13.7. The summed E-state index contributed by atoms with van der Waals surface area (Å²) in [5.41, 5.74) is 7.68. The fourth-order valence-electron chi connectivity index (χ4n) is 5.97. The molecule has 1 saturated heterocycles. The number of aromatic nitrogens is 4. The first-order valence-electron chi connectivity index (χ1n) is 13.4. The molecule has 0 spiro atoms. The van der Waals surface area contributed by atoms with Crippen molar-refractivity contribution < 1.29 is 19.2 Å². The third kappa shape index (κ3) is 4.99. The summed E-state index contributed by atoms with van der Waals surface area (Å²) in [5.74, 6) is -1.16. The van der Waals surface area contributed by atoms with Gasteiger partial charge in [-0.15, -0.1) is 0 Å². The molecule has 1 aliphatic carbocycles. The maximum absolute atomic E-state index is 13.7.